The number of nitrogens with zero attached hydrogens (tertiary/aromatic N) is 1. The molecule has 3 aromatic rings. The van der Waals surface area contributed by atoms with Gasteiger partial charge in [-0.3, -0.25) is 24.1 Å². The highest BCUT2D eigenvalue weighted by molar-refractivity contribution is 8.00. The van der Waals surface area contributed by atoms with Gasteiger partial charge in [-0.2, -0.15) is 0 Å². The van der Waals surface area contributed by atoms with E-state index in [-0.39, 0.29) is 46.3 Å². The SMILES string of the molecule is COc1cc([C@H]2c3sc(=O)[nH]c3SC3C4CC(C5C(=O)N(C(C)C(=O)O)C(=O)C45)C32)ccc1OCC(=O)Nc1cccc(C)c1. The first-order chi connectivity index (χ1) is 21.6. The van der Waals surface area contributed by atoms with Gasteiger partial charge in [0.25, 0.3) is 5.91 Å². The maximum absolute atomic E-state index is 13.6. The van der Waals surface area contributed by atoms with E-state index in [1.165, 1.54) is 14.0 Å². The first-order valence-corrected chi connectivity index (χ1v) is 16.4. The molecule has 11 nitrogen and oxygen atoms in total. The van der Waals surface area contributed by atoms with E-state index in [9.17, 15) is 29.1 Å². The molecule has 3 heterocycles. The summed E-state index contributed by atoms with van der Waals surface area (Å²) in [6.07, 6.45) is 0.689. The molecule has 2 aromatic carbocycles. The molecular weight excluding hydrogens is 618 g/mol. The molecule has 45 heavy (non-hydrogen) atoms. The number of ether oxygens (including phenoxy) is 2. The summed E-state index contributed by atoms with van der Waals surface area (Å²) in [4.78, 5) is 68.6. The topological polar surface area (TPSA) is 155 Å². The van der Waals surface area contributed by atoms with Gasteiger partial charge in [-0.15, -0.1) is 11.8 Å². The van der Waals surface area contributed by atoms with Crippen LogP contribution in [0.1, 0.15) is 35.3 Å². The zero-order valence-electron chi connectivity index (χ0n) is 24.6. The molecule has 7 unspecified atom stereocenters. The lowest BCUT2D eigenvalue weighted by atomic mass is 9.68. The predicted octanol–water partition coefficient (Wildman–Crippen LogP) is 3.72. The molecule has 2 bridgehead atoms. The number of carbonyl (C=O) groups is 4. The monoisotopic (exact) mass is 649 g/mol. The van der Waals surface area contributed by atoms with Crippen molar-refractivity contribution >= 4 is 52.5 Å². The van der Waals surface area contributed by atoms with E-state index < -0.39 is 35.7 Å². The number of aliphatic carboxylic acids is 1. The Labute approximate surface area is 266 Å². The van der Waals surface area contributed by atoms with E-state index in [2.05, 4.69) is 10.3 Å². The van der Waals surface area contributed by atoms with Crippen molar-refractivity contribution in [3.05, 3.63) is 68.1 Å². The number of aromatic amines is 1. The van der Waals surface area contributed by atoms with Crippen LogP contribution >= 0.6 is 23.1 Å². The number of nitrogens with one attached hydrogen (secondary N) is 2. The van der Waals surface area contributed by atoms with Crippen molar-refractivity contribution in [1.82, 2.24) is 9.88 Å². The number of likely N-dealkylation sites (tertiary alicyclic amines) is 1. The first-order valence-electron chi connectivity index (χ1n) is 14.7. The second-order valence-electron chi connectivity index (χ2n) is 12.1. The lowest BCUT2D eigenvalue weighted by Gasteiger charge is -2.43. The zero-order chi connectivity index (χ0) is 31.7. The summed E-state index contributed by atoms with van der Waals surface area (Å²) in [6.45, 7) is 3.08. The number of benzene rings is 2. The number of thiazole rings is 1. The summed E-state index contributed by atoms with van der Waals surface area (Å²) in [6, 6.07) is 11.7. The highest BCUT2D eigenvalue weighted by Gasteiger charge is 2.70. The van der Waals surface area contributed by atoms with Crippen molar-refractivity contribution < 1.29 is 33.8 Å². The smallest absolute Gasteiger partial charge is 0.326 e. The van der Waals surface area contributed by atoms with Gasteiger partial charge in [0.05, 0.1) is 24.0 Å². The van der Waals surface area contributed by atoms with Crippen molar-refractivity contribution in [2.75, 3.05) is 19.0 Å². The number of aryl methyl sites for hydroxylation is 1. The highest BCUT2D eigenvalue weighted by Crippen LogP contribution is 2.68. The summed E-state index contributed by atoms with van der Waals surface area (Å²) in [5, 5.41) is 13.1. The zero-order valence-corrected chi connectivity index (χ0v) is 26.3. The van der Waals surface area contributed by atoms with Crippen molar-refractivity contribution in [2.45, 2.75) is 42.5 Å². The minimum Gasteiger partial charge on any atom is -0.493 e. The van der Waals surface area contributed by atoms with Gasteiger partial charge in [0.1, 0.15) is 6.04 Å². The quantitative estimate of drug-likeness (QED) is 0.310. The molecule has 0 radical (unpaired) electrons. The fourth-order valence-electron chi connectivity index (χ4n) is 7.97. The van der Waals surface area contributed by atoms with E-state index in [0.29, 0.717) is 23.6 Å². The Bertz CT molecular complexity index is 1800. The van der Waals surface area contributed by atoms with Crippen LogP contribution in [0, 0.1) is 36.5 Å². The summed E-state index contributed by atoms with van der Waals surface area (Å²) < 4.78 is 11.5. The summed E-state index contributed by atoms with van der Waals surface area (Å²) >= 11 is 2.70. The summed E-state index contributed by atoms with van der Waals surface area (Å²) in [7, 11) is 1.52. The summed E-state index contributed by atoms with van der Waals surface area (Å²) in [5.41, 5.74) is 2.56. The maximum Gasteiger partial charge on any atom is 0.326 e. The number of hydrogen-bond acceptors (Lipinski definition) is 9. The van der Waals surface area contributed by atoms with Gasteiger partial charge in [-0.1, -0.05) is 29.5 Å². The average molecular weight is 650 g/mol. The Hall–Kier alpha value is -4.10. The molecule has 2 saturated carbocycles. The van der Waals surface area contributed by atoms with Gasteiger partial charge in [0, 0.05) is 21.7 Å². The summed E-state index contributed by atoms with van der Waals surface area (Å²) in [5.74, 6) is -3.26. The number of imide groups is 1. The molecule has 1 saturated heterocycles. The van der Waals surface area contributed by atoms with E-state index in [1.54, 1.807) is 23.9 Å². The van der Waals surface area contributed by atoms with Gasteiger partial charge in [-0.25, -0.2) is 4.79 Å². The standard InChI is InChI=1S/C32H31N3O8S2/c1-13-5-4-6-16(9-13)33-21(36)12-43-19-8-7-15(10-20(19)42-3)22-23-17-11-18(26(23)44-28-27(22)45-32(41)34-28)25-24(17)29(37)35(30(25)38)14(2)31(39)40/h4-10,14,17-18,22-26H,11-12H2,1-3H3,(H,33,36)(H,34,41)(H,39,40)/t14?,17?,18?,22-,23?,24?,25?,26?/m1/s1. The molecule has 13 heteroatoms. The van der Waals surface area contributed by atoms with Crippen LogP contribution in [0.5, 0.6) is 11.5 Å². The predicted molar refractivity (Wildman–Crippen MR) is 166 cm³/mol. The molecular formula is C32H31N3O8S2. The van der Waals surface area contributed by atoms with Crippen molar-refractivity contribution in [3.63, 3.8) is 0 Å². The molecule has 8 atom stereocenters. The molecule has 3 amide bonds. The number of thioether (sulfide) groups is 1. The van der Waals surface area contributed by atoms with E-state index in [4.69, 9.17) is 9.47 Å². The number of amides is 3. The number of carbonyl (C=O) groups excluding carboxylic acids is 3. The highest BCUT2D eigenvalue weighted by atomic mass is 32.2. The Morgan fingerprint density at radius 2 is 1.84 bits per heavy atom. The molecule has 234 valence electrons. The lowest BCUT2D eigenvalue weighted by molar-refractivity contribution is -0.154. The van der Waals surface area contributed by atoms with Crippen LogP contribution in [-0.2, 0) is 19.2 Å². The molecule has 3 N–H and O–H groups in total. The maximum atomic E-state index is 13.6. The Morgan fingerprint density at radius 1 is 1.09 bits per heavy atom. The number of H-pyrrole nitrogens is 1. The first kappa shape index (κ1) is 29.6. The van der Waals surface area contributed by atoms with Gasteiger partial charge in [-0.05, 0) is 73.4 Å². The molecule has 7 rings (SSSR count). The number of fused-ring (bicyclic) bond motifs is 9. The van der Waals surface area contributed by atoms with Crippen LogP contribution in [-0.4, -0.2) is 63.7 Å². The van der Waals surface area contributed by atoms with Crippen molar-refractivity contribution in [1.29, 1.82) is 0 Å². The molecule has 3 fully saturated rings. The third-order valence-electron chi connectivity index (χ3n) is 9.71. The molecule has 0 spiro atoms. The molecule has 2 aliphatic carbocycles. The van der Waals surface area contributed by atoms with Crippen LogP contribution < -0.4 is 19.7 Å². The lowest BCUT2D eigenvalue weighted by Crippen LogP contribution is -2.44. The third-order valence-corrected chi connectivity index (χ3v) is 12.3. The van der Waals surface area contributed by atoms with Gasteiger partial charge in [0.15, 0.2) is 18.1 Å². The van der Waals surface area contributed by atoms with Gasteiger partial charge in [0.2, 0.25) is 11.8 Å². The third kappa shape index (κ3) is 4.75. The number of rotatable bonds is 8. The van der Waals surface area contributed by atoms with Crippen LogP contribution in [0.2, 0.25) is 0 Å². The molecule has 2 aliphatic heterocycles. The Kier molecular flexibility index (Phi) is 7.27. The molecule has 4 aliphatic rings. The van der Waals surface area contributed by atoms with Crippen molar-refractivity contribution in [2.24, 2.45) is 29.6 Å². The van der Waals surface area contributed by atoms with Gasteiger partial charge >= 0.3 is 10.8 Å². The normalized spacial score (nSPS) is 28.3. The molecule has 1 aromatic heterocycles. The fraction of sp³-hybridized carbons (Fsp3) is 0.406. The second-order valence-corrected chi connectivity index (χ2v) is 14.3. The number of aromatic nitrogens is 1. The number of anilines is 1. The second kappa shape index (κ2) is 11.1. The largest absolute Gasteiger partial charge is 0.493 e. The Morgan fingerprint density at radius 3 is 2.56 bits per heavy atom. The Balaban J connectivity index is 1.18. The van der Waals surface area contributed by atoms with Crippen LogP contribution in [0.4, 0.5) is 5.69 Å². The van der Waals surface area contributed by atoms with Crippen molar-refractivity contribution in [3.8, 4) is 11.5 Å². The van der Waals surface area contributed by atoms with E-state index in [1.807, 2.05) is 37.3 Å². The number of hydrogen-bond donors (Lipinski definition) is 3. The van der Waals surface area contributed by atoms with Gasteiger partial charge < -0.3 is 24.9 Å². The number of methoxy groups -OCH3 is 1. The van der Waals surface area contributed by atoms with Crippen LogP contribution in [0.25, 0.3) is 0 Å². The van der Waals surface area contributed by atoms with Crippen LogP contribution in [0.3, 0.4) is 0 Å². The number of carboxylic acids is 1. The minimum atomic E-state index is -1.23. The average Bonchev–Trinajstić information content (AvgIpc) is 3.74. The number of carboxylic acid groups (broad SMARTS) is 1. The van der Waals surface area contributed by atoms with E-state index in [0.717, 1.165) is 37.3 Å². The minimum absolute atomic E-state index is 0.0388. The van der Waals surface area contributed by atoms with Crippen LogP contribution in [0.15, 0.2) is 52.3 Å². The fourth-order valence-corrected chi connectivity index (χ4v) is 10.9. The van der Waals surface area contributed by atoms with E-state index >= 15 is 0 Å².